The van der Waals surface area contributed by atoms with Gasteiger partial charge in [-0.3, -0.25) is 4.79 Å². The smallest absolute Gasteiger partial charge is 0.261 e. The van der Waals surface area contributed by atoms with Gasteiger partial charge in [0.1, 0.15) is 11.5 Å². The third-order valence-corrected chi connectivity index (χ3v) is 5.07. The van der Waals surface area contributed by atoms with E-state index in [9.17, 15) is 4.79 Å². The van der Waals surface area contributed by atoms with Crippen LogP contribution in [-0.4, -0.2) is 30.6 Å². The van der Waals surface area contributed by atoms with Gasteiger partial charge < -0.3 is 14.4 Å². The Morgan fingerprint density at radius 2 is 1.85 bits per heavy atom. The standard InChI is InChI=1S/C22H27NO3/c1-16-6-4-5-7-21(16)26-15-22(24)23(17(2)19-10-11-19)14-18-8-12-20(25-3)13-9-18/h4-9,12-13,17,19H,10-11,14-15H2,1-3H3. The van der Waals surface area contributed by atoms with E-state index >= 15 is 0 Å². The van der Waals surface area contributed by atoms with Crippen molar-refractivity contribution in [3.05, 3.63) is 59.7 Å². The molecule has 1 aliphatic rings. The quantitative estimate of drug-likeness (QED) is 0.713. The molecule has 0 aliphatic heterocycles. The molecule has 0 spiro atoms. The van der Waals surface area contributed by atoms with E-state index in [4.69, 9.17) is 9.47 Å². The summed E-state index contributed by atoms with van der Waals surface area (Å²) in [7, 11) is 1.66. The van der Waals surface area contributed by atoms with Crippen LogP contribution in [-0.2, 0) is 11.3 Å². The van der Waals surface area contributed by atoms with Crippen LogP contribution < -0.4 is 9.47 Å². The van der Waals surface area contributed by atoms with Crippen LogP contribution in [0.25, 0.3) is 0 Å². The molecule has 1 atom stereocenters. The van der Waals surface area contributed by atoms with Gasteiger partial charge >= 0.3 is 0 Å². The molecule has 26 heavy (non-hydrogen) atoms. The first-order chi connectivity index (χ1) is 12.6. The van der Waals surface area contributed by atoms with Crippen molar-refractivity contribution in [2.45, 2.75) is 39.3 Å². The Balaban J connectivity index is 1.68. The highest BCUT2D eigenvalue weighted by atomic mass is 16.5. The number of aryl methyl sites for hydroxylation is 1. The number of hydrogen-bond donors (Lipinski definition) is 0. The molecule has 0 heterocycles. The molecule has 1 unspecified atom stereocenters. The highest BCUT2D eigenvalue weighted by molar-refractivity contribution is 5.78. The molecule has 0 N–H and O–H groups in total. The van der Waals surface area contributed by atoms with Gasteiger partial charge in [0.25, 0.3) is 5.91 Å². The SMILES string of the molecule is COc1ccc(CN(C(=O)COc2ccccc2C)C(C)C2CC2)cc1. The minimum atomic E-state index is 0.0310. The second-order valence-electron chi connectivity index (χ2n) is 7.00. The van der Waals surface area contributed by atoms with Crippen LogP contribution in [0.2, 0.25) is 0 Å². The summed E-state index contributed by atoms with van der Waals surface area (Å²) < 4.78 is 11.0. The molecule has 1 fully saturated rings. The normalized spacial score (nSPS) is 14.6. The molecule has 1 aliphatic carbocycles. The fourth-order valence-corrected chi connectivity index (χ4v) is 3.16. The van der Waals surface area contributed by atoms with Crippen LogP contribution >= 0.6 is 0 Å². The van der Waals surface area contributed by atoms with Gasteiger partial charge in [-0.15, -0.1) is 0 Å². The lowest BCUT2D eigenvalue weighted by Gasteiger charge is -2.29. The van der Waals surface area contributed by atoms with Crippen molar-refractivity contribution in [1.29, 1.82) is 0 Å². The van der Waals surface area contributed by atoms with Crippen molar-refractivity contribution in [2.24, 2.45) is 5.92 Å². The molecule has 1 amide bonds. The number of benzene rings is 2. The summed E-state index contributed by atoms with van der Waals surface area (Å²) in [5, 5.41) is 0. The van der Waals surface area contributed by atoms with Crippen LogP contribution in [0.1, 0.15) is 30.9 Å². The molecule has 0 aromatic heterocycles. The summed E-state index contributed by atoms with van der Waals surface area (Å²) in [6, 6.07) is 15.9. The van der Waals surface area contributed by atoms with Crippen molar-refractivity contribution < 1.29 is 14.3 Å². The number of carbonyl (C=O) groups excluding carboxylic acids is 1. The molecule has 0 radical (unpaired) electrons. The van der Waals surface area contributed by atoms with E-state index in [0.29, 0.717) is 12.5 Å². The van der Waals surface area contributed by atoms with E-state index in [0.717, 1.165) is 22.6 Å². The topological polar surface area (TPSA) is 38.8 Å². The largest absolute Gasteiger partial charge is 0.497 e. The first-order valence-corrected chi connectivity index (χ1v) is 9.19. The summed E-state index contributed by atoms with van der Waals surface area (Å²) in [5.41, 5.74) is 2.14. The number of ether oxygens (including phenoxy) is 2. The lowest BCUT2D eigenvalue weighted by atomic mass is 10.1. The number of amides is 1. The molecule has 4 nitrogen and oxygen atoms in total. The van der Waals surface area contributed by atoms with Gasteiger partial charge in [0, 0.05) is 12.6 Å². The average molecular weight is 353 g/mol. The zero-order valence-corrected chi connectivity index (χ0v) is 15.8. The first-order valence-electron chi connectivity index (χ1n) is 9.19. The van der Waals surface area contributed by atoms with E-state index in [1.807, 2.05) is 60.4 Å². The van der Waals surface area contributed by atoms with E-state index in [1.54, 1.807) is 7.11 Å². The number of para-hydroxylation sites is 1. The highest BCUT2D eigenvalue weighted by Crippen LogP contribution is 2.36. The third-order valence-electron chi connectivity index (χ3n) is 5.07. The van der Waals surface area contributed by atoms with E-state index < -0.39 is 0 Å². The zero-order valence-electron chi connectivity index (χ0n) is 15.8. The zero-order chi connectivity index (χ0) is 18.5. The Labute approximate surface area is 155 Å². The predicted octanol–water partition coefficient (Wildman–Crippen LogP) is 4.21. The predicted molar refractivity (Wildman–Crippen MR) is 102 cm³/mol. The van der Waals surface area contributed by atoms with Crippen molar-refractivity contribution in [3.8, 4) is 11.5 Å². The fourth-order valence-electron chi connectivity index (χ4n) is 3.16. The lowest BCUT2D eigenvalue weighted by molar-refractivity contribution is -0.136. The van der Waals surface area contributed by atoms with Crippen LogP contribution in [0.15, 0.2) is 48.5 Å². The van der Waals surface area contributed by atoms with E-state index in [-0.39, 0.29) is 18.6 Å². The van der Waals surface area contributed by atoms with Crippen LogP contribution in [0.3, 0.4) is 0 Å². The first kappa shape index (κ1) is 18.3. The number of hydrogen-bond acceptors (Lipinski definition) is 3. The number of methoxy groups -OCH3 is 1. The molecule has 138 valence electrons. The van der Waals surface area contributed by atoms with Crippen molar-refractivity contribution in [2.75, 3.05) is 13.7 Å². The third kappa shape index (κ3) is 4.57. The number of carbonyl (C=O) groups is 1. The summed E-state index contributed by atoms with van der Waals surface area (Å²) >= 11 is 0. The minimum absolute atomic E-state index is 0.0310. The molecular formula is C22H27NO3. The van der Waals surface area contributed by atoms with Crippen LogP contribution in [0.4, 0.5) is 0 Å². The number of rotatable bonds is 8. The van der Waals surface area contributed by atoms with Crippen molar-refractivity contribution in [3.63, 3.8) is 0 Å². The Morgan fingerprint density at radius 1 is 1.15 bits per heavy atom. The van der Waals surface area contributed by atoms with Crippen LogP contribution in [0, 0.1) is 12.8 Å². The number of nitrogens with zero attached hydrogens (tertiary/aromatic N) is 1. The summed E-state index contributed by atoms with van der Waals surface area (Å²) in [5.74, 6) is 2.23. The molecular weight excluding hydrogens is 326 g/mol. The molecule has 4 heteroatoms. The van der Waals surface area contributed by atoms with Gasteiger partial charge in [-0.05, 0) is 61.9 Å². The second-order valence-corrected chi connectivity index (χ2v) is 7.00. The van der Waals surface area contributed by atoms with Gasteiger partial charge in [-0.25, -0.2) is 0 Å². The van der Waals surface area contributed by atoms with Crippen LogP contribution in [0.5, 0.6) is 11.5 Å². The minimum Gasteiger partial charge on any atom is -0.497 e. The van der Waals surface area contributed by atoms with Gasteiger partial charge in [-0.2, -0.15) is 0 Å². The van der Waals surface area contributed by atoms with Gasteiger partial charge in [0.05, 0.1) is 7.11 Å². The average Bonchev–Trinajstić information content (AvgIpc) is 3.50. The van der Waals surface area contributed by atoms with Gasteiger partial charge in [0.2, 0.25) is 0 Å². The van der Waals surface area contributed by atoms with E-state index in [1.165, 1.54) is 12.8 Å². The molecule has 2 aromatic rings. The summed E-state index contributed by atoms with van der Waals surface area (Å²) in [6.45, 7) is 4.80. The van der Waals surface area contributed by atoms with Crippen molar-refractivity contribution in [1.82, 2.24) is 4.90 Å². The summed E-state index contributed by atoms with van der Waals surface area (Å²) in [6.07, 6.45) is 2.40. The Kier molecular flexibility index (Phi) is 5.82. The van der Waals surface area contributed by atoms with Crippen molar-refractivity contribution >= 4 is 5.91 Å². The molecule has 0 bridgehead atoms. The Bertz CT molecular complexity index is 737. The molecule has 1 saturated carbocycles. The second kappa shape index (κ2) is 8.26. The Morgan fingerprint density at radius 3 is 2.46 bits per heavy atom. The lowest BCUT2D eigenvalue weighted by Crippen LogP contribution is -2.42. The maximum Gasteiger partial charge on any atom is 0.261 e. The highest BCUT2D eigenvalue weighted by Gasteiger charge is 2.34. The molecule has 2 aromatic carbocycles. The monoisotopic (exact) mass is 353 g/mol. The fraction of sp³-hybridized carbons (Fsp3) is 0.409. The maximum atomic E-state index is 12.9. The van der Waals surface area contributed by atoms with Gasteiger partial charge in [-0.1, -0.05) is 30.3 Å². The van der Waals surface area contributed by atoms with Gasteiger partial charge in [0.15, 0.2) is 6.61 Å². The maximum absolute atomic E-state index is 12.9. The summed E-state index contributed by atoms with van der Waals surface area (Å²) in [4.78, 5) is 14.9. The molecule has 3 rings (SSSR count). The Hall–Kier alpha value is -2.49. The van der Waals surface area contributed by atoms with E-state index in [2.05, 4.69) is 6.92 Å². The molecule has 0 saturated heterocycles.